The van der Waals surface area contributed by atoms with Crippen molar-refractivity contribution in [3.63, 3.8) is 0 Å². The van der Waals surface area contributed by atoms with Crippen molar-refractivity contribution in [3.05, 3.63) is 81.9 Å². The number of amides is 2. The predicted octanol–water partition coefficient (Wildman–Crippen LogP) is 3.19. The Morgan fingerprint density at radius 3 is 2.14 bits per heavy atom. The summed E-state index contributed by atoms with van der Waals surface area (Å²) in [4.78, 5) is 63.5. The van der Waals surface area contributed by atoms with Crippen LogP contribution in [0.4, 0.5) is 11.4 Å². The number of benzene rings is 2. The molecule has 1 saturated heterocycles. The monoisotopic (exact) mass is 472 g/mol. The summed E-state index contributed by atoms with van der Waals surface area (Å²) in [5.41, 5.74) is 0.189. The molecule has 5 aliphatic rings. The fraction of sp³-hybridized carbons (Fsp3) is 0.308. The number of ether oxygens (including phenoxy) is 1. The van der Waals surface area contributed by atoms with Crippen LogP contribution in [0.5, 0.6) is 0 Å². The minimum Gasteiger partial charge on any atom is -0.454 e. The predicted molar refractivity (Wildman–Crippen MR) is 121 cm³/mol. The standard InChI is InChI=1S/C26H20N2O7/c29-21(13-5-7-14(8-6-13)28(33)34)12-35-26(32)17-3-1-2-4-20(17)27-24(30)22-15-9-10-16(19-11-18(15)19)23(22)25(27)31/h1-10,15-16,18-19,22-23H,11-12H2/t15-,16-,18-,19-,22-,23+/m0/s1. The quantitative estimate of drug-likeness (QED) is 0.158. The van der Waals surface area contributed by atoms with Crippen LogP contribution in [0.2, 0.25) is 0 Å². The van der Waals surface area contributed by atoms with Gasteiger partial charge in [-0.25, -0.2) is 9.69 Å². The van der Waals surface area contributed by atoms with Crippen molar-refractivity contribution < 1.29 is 28.8 Å². The molecule has 176 valence electrons. The van der Waals surface area contributed by atoms with Gasteiger partial charge in [0.15, 0.2) is 12.4 Å². The van der Waals surface area contributed by atoms with E-state index in [9.17, 15) is 29.3 Å². The number of allylic oxidation sites excluding steroid dienone is 2. The molecule has 2 aromatic rings. The summed E-state index contributed by atoms with van der Waals surface area (Å²) in [7, 11) is 0. The minimum absolute atomic E-state index is 0.0230. The molecule has 0 unspecified atom stereocenters. The number of carbonyl (C=O) groups is 4. The third-order valence-electron chi connectivity index (χ3n) is 7.76. The Balaban J connectivity index is 1.21. The summed E-state index contributed by atoms with van der Waals surface area (Å²) in [5, 5.41) is 10.8. The van der Waals surface area contributed by atoms with Crippen LogP contribution in [0.3, 0.4) is 0 Å². The normalized spacial score (nSPS) is 29.5. The van der Waals surface area contributed by atoms with Gasteiger partial charge in [0.1, 0.15) is 0 Å². The lowest BCUT2D eigenvalue weighted by atomic mass is 9.63. The van der Waals surface area contributed by atoms with Crippen molar-refractivity contribution in [2.24, 2.45) is 35.5 Å². The Labute approximate surface area is 199 Å². The molecular weight excluding hydrogens is 452 g/mol. The second-order valence-corrected chi connectivity index (χ2v) is 9.49. The molecule has 2 aromatic carbocycles. The summed E-state index contributed by atoms with van der Waals surface area (Å²) in [6.45, 7) is -0.588. The lowest BCUT2D eigenvalue weighted by Gasteiger charge is -2.37. The molecule has 3 fully saturated rings. The number of nitro benzene ring substituents is 1. The maximum atomic E-state index is 13.4. The van der Waals surface area contributed by atoms with Crippen LogP contribution in [0.25, 0.3) is 0 Å². The fourth-order valence-electron chi connectivity index (χ4n) is 6.10. The molecule has 4 aliphatic carbocycles. The number of rotatable bonds is 6. The lowest BCUT2D eigenvalue weighted by Crippen LogP contribution is -2.40. The molecule has 2 amide bonds. The number of hydrogen-bond acceptors (Lipinski definition) is 7. The third kappa shape index (κ3) is 3.22. The van der Waals surface area contributed by atoms with Crippen molar-refractivity contribution in [1.82, 2.24) is 0 Å². The average Bonchev–Trinajstić information content (AvgIpc) is 3.65. The number of para-hydroxylation sites is 1. The van der Waals surface area contributed by atoms with Gasteiger partial charge in [-0.1, -0.05) is 24.3 Å². The first kappa shape index (κ1) is 21.4. The second-order valence-electron chi connectivity index (χ2n) is 9.49. The van der Waals surface area contributed by atoms with Crippen LogP contribution in [0, 0.1) is 45.6 Å². The number of nitro groups is 1. The van der Waals surface area contributed by atoms with Crippen LogP contribution < -0.4 is 4.90 Å². The van der Waals surface area contributed by atoms with E-state index in [2.05, 4.69) is 12.2 Å². The van der Waals surface area contributed by atoms with Crippen LogP contribution >= 0.6 is 0 Å². The van der Waals surface area contributed by atoms with E-state index in [1.807, 2.05) is 0 Å². The van der Waals surface area contributed by atoms with Crippen LogP contribution in [-0.4, -0.2) is 35.1 Å². The first-order chi connectivity index (χ1) is 16.9. The van der Waals surface area contributed by atoms with Gasteiger partial charge in [-0.15, -0.1) is 0 Å². The second kappa shape index (κ2) is 7.69. The molecule has 0 N–H and O–H groups in total. The maximum absolute atomic E-state index is 13.4. The first-order valence-electron chi connectivity index (χ1n) is 11.5. The van der Waals surface area contributed by atoms with Gasteiger partial charge in [-0.3, -0.25) is 24.5 Å². The molecule has 6 atom stereocenters. The Hall–Kier alpha value is -4.14. The van der Waals surface area contributed by atoms with Crippen molar-refractivity contribution in [2.75, 3.05) is 11.5 Å². The number of non-ortho nitro benzene ring substituents is 1. The largest absolute Gasteiger partial charge is 0.454 e. The summed E-state index contributed by atoms with van der Waals surface area (Å²) < 4.78 is 5.21. The molecule has 0 aromatic heterocycles. The Morgan fingerprint density at radius 2 is 1.54 bits per heavy atom. The minimum atomic E-state index is -0.838. The highest BCUT2D eigenvalue weighted by Crippen LogP contribution is 2.65. The van der Waals surface area contributed by atoms with E-state index in [1.165, 1.54) is 36.4 Å². The molecular formula is C26H20N2O7. The highest BCUT2D eigenvalue weighted by molar-refractivity contribution is 6.24. The molecule has 2 bridgehead atoms. The number of anilines is 1. The first-order valence-corrected chi connectivity index (χ1v) is 11.5. The van der Waals surface area contributed by atoms with E-state index >= 15 is 0 Å². The molecule has 0 radical (unpaired) electrons. The Kier molecular flexibility index (Phi) is 4.70. The highest BCUT2D eigenvalue weighted by atomic mass is 16.6. The van der Waals surface area contributed by atoms with Crippen LogP contribution in [0.15, 0.2) is 60.7 Å². The third-order valence-corrected chi connectivity index (χ3v) is 7.76. The summed E-state index contributed by atoms with van der Waals surface area (Å²) >= 11 is 0. The number of carbonyl (C=O) groups excluding carboxylic acids is 4. The number of ketones is 1. The molecule has 1 heterocycles. The number of esters is 1. The number of Topliss-reactive ketones (excluding diaryl/α,β-unsaturated/α-hetero) is 1. The topological polar surface area (TPSA) is 124 Å². The van der Waals surface area contributed by atoms with E-state index in [1.54, 1.807) is 12.1 Å². The van der Waals surface area contributed by atoms with Crippen molar-refractivity contribution in [2.45, 2.75) is 6.42 Å². The van der Waals surface area contributed by atoms with Crippen LogP contribution in [0.1, 0.15) is 27.1 Å². The van der Waals surface area contributed by atoms with Gasteiger partial charge in [-0.2, -0.15) is 0 Å². The number of nitrogens with zero attached hydrogens (tertiary/aromatic N) is 2. The van der Waals surface area contributed by atoms with Crippen LogP contribution in [-0.2, 0) is 14.3 Å². The van der Waals surface area contributed by atoms with Crippen molar-refractivity contribution in [3.8, 4) is 0 Å². The number of hydrogen-bond donors (Lipinski definition) is 0. The molecule has 0 spiro atoms. The Bertz CT molecular complexity index is 1300. The van der Waals surface area contributed by atoms with Gasteiger partial charge >= 0.3 is 5.97 Å². The molecule has 2 saturated carbocycles. The summed E-state index contributed by atoms with van der Waals surface area (Å²) in [5.74, 6) is -1.67. The van der Waals surface area contributed by atoms with Gasteiger partial charge < -0.3 is 4.74 Å². The van der Waals surface area contributed by atoms with Gasteiger partial charge in [0.25, 0.3) is 5.69 Å². The van der Waals surface area contributed by atoms with Gasteiger partial charge in [-0.05, 0) is 54.4 Å². The maximum Gasteiger partial charge on any atom is 0.340 e. The van der Waals surface area contributed by atoms with E-state index in [4.69, 9.17) is 4.74 Å². The zero-order chi connectivity index (χ0) is 24.4. The van der Waals surface area contributed by atoms with E-state index in [0.717, 1.165) is 11.3 Å². The average molecular weight is 472 g/mol. The molecule has 9 heteroatoms. The molecule has 7 rings (SSSR count). The van der Waals surface area contributed by atoms with E-state index < -0.39 is 35.1 Å². The van der Waals surface area contributed by atoms with Crippen molar-refractivity contribution in [1.29, 1.82) is 0 Å². The molecule has 1 aliphatic heterocycles. The van der Waals surface area contributed by atoms with Crippen molar-refractivity contribution >= 4 is 34.9 Å². The molecule has 35 heavy (non-hydrogen) atoms. The number of imide groups is 1. The highest BCUT2D eigenvalue weighted by Gasteiger charge is 2.67. The zero-order valence-corrected chi connectivity index (χ0v) is 18.4. The lowest BCUT2D eigenvalue weighted by molar-refractivity contribution is -0.384. The zero-order valence-electron chi connectivity index (χ0n) is 18.4. The van der Waals surface area contributed by atoms with Gasteiger partial charge in [0.2, 0.25) is 11.8 Å². The van der Waals surface area contributed by atoms with Gasteiger partial charge in [0.05, 0.1) is 28.0 Å². The summed E-state index contributed by atoms with van der Waals surface area (Å²) in [6.07, 6.45) is 5.22. The SMILES string of the molecule is O=C(COC(=O)c1ccccc1N1C(=O)[C@@H]2[C@H]3C=C[C@@H]([C@@H]4C[C@@H]34)[C@@H]2C1=O)c1ccc([N+](=O)[O-])cc1. The van der Waals surface area contributed by atoms with E-state index in [-0.39, 0.29) is 46.2 Å². The summed E-state index contributed by atoms with van der Waals surface area (Å²) in [6, 6.07) is 11.2. The molecule has 9 nitrogen and oxygen atoms in total. The van der Waals surface area contributed by atoms with E-state index in [0.29, 0.717) is 11.8 Å². The van der Waals surface area contributed by atoms with Gasteiger partial charge in [0, 0.05) is 17.7 Å². The Morgan fingerprint density at radius 1 is 0.943 bits per heavy atom. The fourth-order valence-corrected chi connectivity index (χ4v) is 6.10. The smallest absolute Gasteiger partial charge is 0.340 e.